The van der Waals surface area contributed by atoms with Gasteiger partial charge in [0.2, 0.25) is 0 Å². The Balaban J connectivity index is 1.11. The van der Waals surface area contributed by atoms with Crippen LogP contribution >= 0.6 is 0 Å². The fourth-order valence-electron chi connectivity index (χ4n) is 5.21. The van der Waals surface area contributed by atoms with Gasteiger partial charge in [0, 0.05) is 68.0 Å². The Morgan fingerprint density at radius 3 is 2.75 bits per heavy atom. The lowest BCUT2D eigenvalue weighted by atomic mass is 10.0. The summed E-state index contributed by atoms with van der Waals surface area (Å²) in [5, 5.41) is 11.9. The maximum Gasteiger partial charge on any atom is 0.253 e. The highest BCUT2D eigenvalue weighted by Gasteiger charge is 2.37. The number of amides is 1. The van der Waals surface area contributed by atoms with E-state index in [-0.39, 0.29) is 24.4 Å². The third-order valence-electron chi connectivity index (χ3n) is 7.62. The number of rotatable bonds is 9. The van der Waals surface area contributed by atoms with Crippen LogP contribution in [0.25, 0.3) is 33.6 Å². The summed E-state index contributed by atoms with van der Waals surface area (Å²) in [6.45, 7) is 6.83. The minimum Gasteiger partial charge on any atom is -0.488 e. The van der Waals surface area contributed by atoms with E-state index in [1.165, 1.54) is 6.07 Å². The van der Waals surface area contributed by atoms with Crippen molar-refractivity contribution in [2.24, 2.45) is 0 Å². The first-order valence-electron chi connectivity index (χ1n) is 13.6. The van der Waals surface area contributed by atoms with E-state index in [9.17, 15) is 9.18 Å². The molecule has 210 valence electrons. The molecule has 0 bridgehead atoms. The number of H-pyrrole nitrogens is 1. The molecular weight excluding hydrogens is 517 g/mol. The molecule has 1 atom stereocenters. The van der Waals surface area contributed by atoms with Crippen molar-refractivity contribution < 1.29 is 27.9 Å². The van der Waals surface area contributed by atoms with E-state index in [2.05, 4.69) is 27.2 Å². The van der Waals surface area contributed by atoms with Gasteiger partial charge in [-0.2, -0.15) is 5.10 Å². The molecule has 2 fully saturated rings. The number of hydrogen-bond acceptors (Lipinski definition) is 8. The van der Waals surface area contributed by atoms with Crippen molar-refractivity contribution in [2.45, 2.75) is 25.5 Å². The molecule has 0 unspecified atom stereocenters. The topological polar surface area (TPSA) is 106 Å². The molecule has 40 heavy (non-hydrogen) atoms. The summed E-state index contributed by atoms with van der Waals surface area (Å²) in [4.78, 5) is 17.4. The lowest BCUT2D eigenvalue weighted by Gasteiger charge is -2.47. The van der Waals surface area contributed by atoms with Crippen molar-refractivity contribution in [1.82, 2.24) is 25.2 Å². The average Bonchev–Trinajstić information content (AvgIpc) is 3.60. The molecule has 0 saturated carbocycles. The molecule has 0 spiro atoms. The van der Waals surface area contributed by atoms with Crippen LogP contribution in [0.15, 0.2) is 47.0 Å². The molecule has 2 aromatic carbocycles. The Bertz CT molecular complexity index is 1480. The van der Waals surface area contributed by atoms with Crippen LogP contribution in [0.1, 0.15) is 23.7 Å². The van der Waals surface area contributed by atoms with Gasteiger partial charge in [0.1, 0.15) is 18.0 Å². The number of methoxy groups -OCH3 is 1. The summed E-state index contributed by atoms with van der Waals surface area (Å²) < 4.78 is 36.3. The lowest BCUT2D eigenvalue weighted by Crippen LogP contribution is -2.63. The molecule has 0 aliphatic carbocycles. The van der Waals surface area contributed by atoms with E-state index < -0.39 is 5.82 Å². The third kappa shape index (κ3) is 5.19. The number of benzene rings is 2. The number of carbonyl (C=O) groups is 1. The molecule has 10 nitrogen and oxygen atoms in total. The molecule has 4 aromatic rings. The molecule has 11 heteroatoms. The Morgan fingerprint density at radius 1 is 1.15 bits per heavy atom. The van der Waals surface area contributed by atoms with Crippen LogP contribution in [-0.4, -0.2) is 96.3 Å². The van der Waals surface area contributed by atoms with Crippen LogP contribution in [0.4, 0.5) is 4.39 Å². The van der Waals surface area contributed by atoms with Crippen molar-refractivity contribution >= 4 is 16.8 Å². The number of morpholine rings is 1. The number of aromatic nitrogens is 3. The van der Waals surface area contributed by atoms with Crippen molar-refractivity contribution in [3.8, 4) is 28.5 Å². The summed E-state index contributed by atoms with van der Waals surface area (Å²) in [6, 6.07) is 12.4. The van der Waals surface area contributed by atoms with Crippen LogP contribution < -0.4 is 4.74 Å². The smallest absolute Gasteiger partial charge is 0.253 e. The molecule has 2 aliphatic heterocycles. The standard InChI is InChI=1S/C29H32FN5O5/c1-3-21-17-34(8-9-38-21)20-15-35(16-20)29(36)19-6-4-18(5-7-19)24-13-27(40-33-24)28-22-12-23(30)26(39-11-10-37-2)14-25(22)31-32-28/h4-7,12-14,20-21H,3,8-11,15-17H2,1-2H3,(H,31,32)/t21-/m1/s1. The zero-order valence-electron chi connectivity index (χ0n) is 22.6. The molecule has 6 rings (SSSR count). The summed E-state index contributed by atoms with van der Waals surface area (Å²) >= 11 is 0. The number of ether oxygens (including phenoxy) is 3. The number of carbonyl (C=O) groups excluding carboxylic acids is 1. The van der Waals surface area contributed by atoms with Gasteiger partial charge in [-0.3, -0.25) is 14.8 Å². The first kappa shape index (κ1) is 26.4. The summed E-state index contributed by atoms with van der Waals surface area (Å²) in [5.41, 5.74) is 3.08. The van der Waals surface area contributed by atoms with E-state index in [4.69, 9.17) is 18.7 Å². The predicted molar refractivity (Wildman–Crippen MR) is 146 cm³/mol. The number of nitrogens with one attached hydrogen (secondary N) is 1. The average molecular weight is 550 g/mol. The molecular formula is C29H32FN5O5. The second-order valence-corrected chi connectivity index (χ2v) is 10.2. The van der Waals surface area contributed by atoms with Crippen molar-refractivity contribution in [3.63, 3.8) is 0 Å². The minimum atomic E-state index is -0.505. The van der Waals surface area contributed by atoms with Gasteiger partial charge in [0.25, 0.3) is 5.91 Å². The van der Waals surface area contributed by atoms with Crippen LogP contribution in [0.3, 0.4) is 0 Å². The molecule has 2 saturated heterocycles. The largest absolute Gasteiger partial charge is 0.488 e. The summed E-state index contributed by atoms with van der Waals surface area (Å²) in [6.07, 6.45) is 1.29. The molecule has 2 aliphatic rings. The maximum absolute atomic E-state index is 14.6. The zero-order valence-corrected chi connectivity index (χ0v) is 22.6. The van der Waals surface area contributed by atoms with Crippen LogP contribution in [-0.2, 0) is 9.47 Å². The number of fused-ring (bicyclic) bond motifs is 1. The first-order valence-corrected chi connectivity index (χ1v) is 13.6. The van der Waals surface area contributed by atoms with Gasteiger partial charge in [-0.25, -0.2) is 4.39 Å². The van der Waals surface area contributed by atoms with Gasteiger partial charge >= 0.3 is 0 Å². The molecule has 0 radical (unpaired) electrons. The van der Waals surface area contributed by atoms with Gasteiger partial charge in [-0.1, -0.05) is 24.2 Å². The fraction of sp³-hybridized carbons (Fsp3) is 0.414. The van der Waals surface area contributed by atoms with E-state index in [1.807, 2.05) is 29.2 Å². The SMILES string of the molecule is CC[C@@H]1CN(C2CN(C(=O)c3ccc(-c4cc(-c5n[nH]c6cc(OCCOC)c(F)cc56)on4)cc3)C2)CCO1. The number of hydrogen-bond donors (Lipinski definition) is 1. The van der Waals surface area contributed by atoms with E-state index >= 15 is 0 Å². The molecule has 2 aromatic heterocycles. The van der Waals surface area contributed by atoms with E-state index in [1.54, 1.807) is 19.2 Å². The second kappa shape index (κ2) is 11.4. The molecule has 4 heterocycles. The number of halogens is 1. The maximum atomic E-state index is 14.6. The number of nitrogens with zero attached hydrogens (tertiary/aromatic N) is 4. The van der Waals surface area contributed by atoms with Gasteiger partial charge in [-0.15, -0.1) is 0 Å². The van der Waals surface area contributed by atoms with Crippen molar-refractivity contribution in [3.05, 3.63) is 53.8 Å². The second-order valence-electron chi connectivity index (χ2n) is 10.2. The van der Waals surface area contributed by atoms with Crippen LogP contribution in [0.2, 0.25) is 0 Å². The summed E-state index contributed by atoms with van der Waals surface area (Å²) in [7, 11) is 1.56. The summed E-state index contributed by atoms with van der Waals surface area (Å²) in [5.74, 6) is 0.0379. The Hall–Kier alpha value is -3.80. The third-order valence-corrected chi connectivity index (χ3v) is 7.62. The normalized spacial score (nSPS) is 18.3. The van der Waals surface area contributed by atoms with Crippen LogP contribution in [0, 0.1) is 5.82 Å². The van der Waals surface area contributed by atoms with Gasteiger partial charge < -0.3 is 23.6 Å². The highest BCUT2D eigenvalue weighted by molar-refractivity contribution is 5.95. The zero-order chi connectivity index (χ0) is 27.6. The Morgan fingerprint density at radius 2 is 1.98 bits per heavy atom. The monoisotopic (exact) mass is 549 g/mol. The van der Waals surface area contributed by atoms with Crippen molar-refractivity contribution in [1.29, 1.82) is 0 Å². The van der Waals surface area contributed by atoms with E-state index in [0.717, 1.165) is 44.8 Å². The fourth-order valence-corrected chi connectivity index (χ4v) is 5.21. The first-order chi connectivity index (χ1) is 19.5. The Labute approximate surface area is 231 Å². The quantitative estimate of drug-likeness (QED) is 0.313. The van der Waals surface area contributed by atoms with Crippen LogP contribution in [0.5, 0.6) is 5.75 Å². The number of aromatic amines is 1. The molecule has 1 amide bonds. The lowest BCUT2D eigenvalue weighted by molar-refractivity contribution is -0.0673. The predicted octanol–water partition coefficient (Wildman–Crippen LogP) is 3.98. The molecule has 1 N–H and O–H groups in total. The minimum absolute atomic E-state index is 0.0273. The highest BCUT2D eigenvalue weighted by Crippen LogP contribution is 2.33. The number of likely N-dealkylation sites (tertiary alicyclic amines) is 1. The van der Waals surface area contributed by atoms with Gasteiger partial charge in [0.05, 0.1) is 24.8 Å². The van der Waals surface area contributed by atoms with Gasteiger partial charge in [0.15, 0.2) is 17.3 Å². The van der Waals surface area contributed by atoms with Crippen molar-refractivity contribution in [2.75, 3.05) is 53.1 Å². The Kier molecular flexibility index (Phi) is 7.50. The van der Waals surface area contributed by atoms with Gasteiger partial charge in [-0.05, 0) is 24.6 Å². The highest BCUT2D eigenvalue weighted by atomic mass is 19.1. The van der Waals surface area contributed by atoms with E-state index in [0.29, 0.717) is 46.3 Å².